The molecule has 4 aromatic rings. The molecule has 1 aromatic heterocycles. The van der Waals surface area contributed by atoms with Gasteiger partial charge in [0.1, 0.15) is 0 Å². The summed E-state index contributed by atoms with van der Waals surface area (Å²) >= 11 is 0. The average molecular weight is 394 g/mol. The molecule has 0 unspecified atom stereocenters. The number of ketones is 1. The Morgan fingerprint density at radius 1 is 0.700 bits per heavy atom. The molecule has 0 fully saturated rings. The molecule has 0 spiro atoms. The summed E-state index contributed by atoms with van der Waals surface area (Å²) in [6.45, 7) is 5.18. The fourth-order valence-electron chi connectivity index (χ4n) is 4.98. The highest BCUT2D eigenvalue weighted by Crippen LogP contribution is 2.42. The van der Waals surface area contributed by atoms with Crippen LogP contribution in [0.3, 0.4) is 0 Å². The maximum Gasteiger partial charge on any atom is 0.189 e. The van der Waals surface area contributed by atoms with E-state index in [2.05, 4.69) is 85.1 Å². The molecule has 0 radical (unpaired) electrons. The molecule has 0 saturated carbocycles. The molecule has 0 amide bonds. The number of hydrogen-bond donors (Lipinski definition) is 0. The maximum atomic E-state index is 13.3. The molecule has 0 atom stereocenters. The van der Waals surface area contributed by atoms with Crippen molar-refractivity contribution in [3.05, 3.63) is 89.0 Å². The van der Waals surface area contributed by atoms with E-state index in [1.54, 1.807) is 0 Å². The van der Waals surface area contributed by atoms with Gasteiger partial charge in [-0.15, -0.1) is 0 Å². The van der Waals surface area contributed by atoms with Gasteiger partial charge in [-0.3, -0.25) is 4.79 Å². The number of carbonyl (C=O) groups excluding carboxylic acids is 1. The van der Waals surface area contributed by atoms with Gasteiger partial charge in [-0.2, -0.15) is 0 Å². The molecular formula is C28H27NO. The van der Waals surface area contributed by atoms with E-state index in [9.17, 15) is 4.79 Å². The van der Waals surface area contributed by atoms with Gasteiger partial charge in [-0.25, -0.2) is 0 Å². The number of nitrogens with zero attached hydrogens (tertiary/aromatic N) is 1. The van der Waals surface area contributed by atoms with Crippen LogP contribution >= 0.6 is 0 Å². The lowest BCUT2D eigenvalue weighted by molar-refractivity contribution is 0.103. The number of rotatable bonds is 6. The number of para-hydroxylation sites is 1. The molecule has 150 valence electrons. The van der Waals surface area contributed by atoms with Crippen LogP contribution in [0.5, 0.6) is 0 Å². The molecule has 30 heavy (non-hydrogen) atoms. The van der Waals surface area contributed by atoms with Gasteiger partial charge in [0, 0.05) is 34.0 Å². The van der Waals surface area contributed by atoms with E-state index in [4.69, 9.17) is 0 Å². The van der Waals surface area contributed by atoms with Crippen LogP contribution in [0.15, 0.2) is 72.3 Å². The van der Waals surface area contributed by atoms with Crippen molar-refractivity contribution in [2.75, 3.05) is 0 Å². The summed E-state index contributed by atoms with van der Waals surface area (Å²) in [5.41, 5.74) is 8.11. The number of allylic oxidation sites excluding steroid dienone is 2. The van der Waals surface area contributed by atoms with Crippen LogP contribution in [0.4, 0.5) is 0 Å². The Balaban J connectivity index is 1.77. The highest BCUT2D eigenvalue weighted by atomic mass is 16.1. The van der Waals surface area contributed by atoms with Crippen molar-refractivity contribution in [3.8, 4) is 0 Å². The lowest BCUT2D eigenvalue weighted by atomic mass is 9.98. The number of fused-ring (bicyclic) bond motifs is 4. The monoisotopic (exact) mass is 393 g/mol. The zero-order valence-electron chi connectivity index (χ0n) is 17.7. The van der Waals surface area contributed by atoms with Crippen LogP contribution in [-0.2, 0) is 6.54 Å². The lowest BCUT2D eigenvalue weighted by Crippen LogP contribution is -2.00. The quantitative estimate of drug-likeness (QED) is 0.335. The largest absolute Gasteiger partial charge is 0.336 e. The molecular weight excluding hydrogens is 366 g/mol. The van der Waals surface area contributed by atoms with Crippen molar-refractivity contribution in [1.29, 1.82) is 0 Å². The first-order chi connectivity index (χ1) is 14.7. The summed E-state index contributed by atoms with van der Waals surface area (Å²) in [6.07, 6.45) is 3.90. The lowest BCUT2D eigenvalue weighted by Gasteiger charge is -2.10. The van der Waals surface area contributed by atoms with Crippen LogP contribution in [0.25, 0.3) is 27.4 Å². The predicted molar refractivity (Wildman–Crippen MR) is 126 cm³/mol. The standard InChI is InChI=1S/C28H27NO/c1-3-10-20-22(11-4-2)28(30)25-16-24-21-14-8-9-15-26(21)29(27(24)17-23(20)25)18-19-12-6-5-7-13-19/h5-9,12-17H,3-4,10-11,18H2,1-2H3. The van der Waals surface area contributed by atoms with Crippen LogP contribution in [0.1, 0.15) is 61.0 Å². The molecule has 2 nitrogen and oxygen atoms in total. The summed E-state index contributed by atoms with van der Waals surface area (Å²) < 4.78 is 2.41. The topological polar surface area (TPSA) is 22.0 Å². The Morgan fingerprint density at radius 3 is 2.17 bits per heavy atom. The molecule has 1 aliphatic carbocycles. The van der Waals surface area contributed by atoms with Crippen molar-refractivity contribution in [2.24, 2.45) is 0 Å². The molecule has 0 bridgehead atoms. The van der Waals surface area contributed by atoms with E-state index in [-0.39, 0.29) is 5.78 Å². The van der Waals surface area contributed by atoms with Crippen LogP contribution in [0.2, 0.25) is 0 Å². The summed E-state index contributed by atoms with van der Waals surface area (Å²) in [4.78, 5) is 13.3. The molecule has 0 aliphatic heterocycles. The Labute approximate surface area is 177 Å². The molecule has 5 rings (SSSR count). The van der Waals surface area contributed by atoms with Crippen molar-refractivity contribution >= 4 is 33.2 Å². The van der Waals surface area contributed by atoms with Crippen molar-refractivity contribution in [1.82, 2.24) is 4.57 Å². The van der Waals surface area contributed by atoms with Crippen LogP contribution in [0, 0.1) is 0 Å². The van der Waals surface area contributed by atoms with Gasteiger partial charge >= 0.3 is 0 Å². The fraction of sp³-hybridized carbons (Fsp3) is 0.250. The SMILES string of the molecule is CCCC1=C(CCC)c2cc3c(cc2C1=O)c1ccccc1n3Cc1ccccc1. The maximum absolute atomic E-state index is 13.3. The molecule has 1 aliphatic rings. The molecule has 1 heterocycles. The first-order valence-corrected chi connectivity index (χ1v) is 11.1. The minimum atomic E-state index is 0.247. The Bertz CT molecular complexity index is 1290. The minimum absolute atomic E-state index is 0.247. The molecule has 3 aromatic carbocycles. The number of aromatic nitrogens is 1. The van der Waals surface area contributed by atoms with Gasteiger partial charge < -0.3 is 4.57 Å². The van der Waals surface area contributed by atoms with Crippen molar-refractivity contribution in [2.45, 2.75) is 46.1 Å². The first-order valence-electron chi connectivity index (χ1n) is 11.1. The van der Waals surface area contributed by atoms with E-state index < -0.39 is 0 Å². The Kier molecular flexibility index (Phi) is 4.78. The zero-order valence-corrected chi connectivity index (χ0v) is 17.7. The smallest absolute Gasteiger partial charge is 0.189 e. The zero-order chi connectivity index (χ0) is 20.7. The van der Waals surface area contributed by atoms with Gasteiger partial charge in [0.25, 0.3) is 0 Å². The summed E-state index contributed by atoms with van der Waals surface area (Å²) in [6, 6.07) is 23.6. The van der Waals surface area contributed by atoms with E-state index in [1.165, 1.54) is 32.9 Å². The van der Waals surface area contributed by atoms with E-state index in [1.807, 2.05) is 0 Å². The van der Waals surface area contributed by atoms with Gasteiger partial charge in [-0.1, -0.05) is 75.2 Å². The second kappa shape index (κ2) is 7.60. The van der Waals surface area contributed by atoms with Crippen molar-refractivity contribution < 1.29 is 4.79 Å². The Hall–Kier alpha value is -3.13. The van der Waals surface area contributed by atoms with Gasteiger partial charge in [0.05, 0.1) is 5.52 Å². The van der Waals surface area contributed by atoms with Gasteiger partial charge in [0.15, 0.2) is 5.78 Å². The third kappa shape index (κ3) is 2.90. The minimum Gasteiger partial charge on any atom is -0.336 e. The first kappa shape index (κ1) is 18.9. The number of hydrogen-bond acceptors (Lipinski definition) is 1. The molecule has 0 saturated heterocycles. The average Bonchev–Trinajstić information content (AvgIpc) is 3.21. The predicted octanol–water partition coefficient (Wildman–Crippen LogP) is 7.39. The number of carbonyl (C=O) groups is 1. The number of Topliss-reactive ketones (excluding diaryl/α,β-unsaturated/α-hetero) is 1. The van der Waals surface area contributed by atoms with Gasteiger partial charge in [-0.05, 0) is 47.7 Å². The van der Waals surface area contributed by atoms with Crippen molar-refractivity contribution in [3.63, 3.8) is 0 Å². The third-order valence-corrected chi connectivity index (χ3v) is 6.30. The normalized spacial score (nSPS) is 13.6. The second-order valence-electron chi connectivity index (χ2n) is 8.29. The number of benzene rings is 3. The third-order valence-electron chi connectivity index (χ3n) is 6.30. The Morgan fingerprint density at radius 2 is 1.40 bits per heavy atom. The highest BCUT2D eigenvalue weighted by molar-refractivity contribution is 6.23. The second-order valence-corrected chi connectivity index (χ2v) is 8.29. The van der Waals surface area contributed by atoms with E-state index in [0.717, 1.165) is 48.9 Å². The van der Waals surface area contributed by atoms with Gasteiger partial charge in [0.2, 0.25) is 0 Å². The summed E-state index contributed by atoms with van der Waals surface area (Å²) in [5, 5.41) is 2.40. The van der Waals surface area contributed by atoms with E-state index >= 15 is 0 Å². The fourth-order valence-corrected chi connectivity index (χ4v) is 4.98. The van der Waals surface area contributed by atoms with Crippen LogP contribution in [-0.4, -0.2) is 10.4 Å². The molecule has 2 heteroatoms. The molecule has 0 N–H and O–H groups in total. The summed E-state index contributed by atoms with van der Waals surface area (Å²) in [7, 11) is 0. The highest BCUT2D eigenvalue weighted by Gasteiger charge is 2.29. The van der Waals surface area contributed by atoms with E-state index in [0.29, 0.717) is 0 Å². The van der Waals surface area contributed by atoms with Crippen LogP contribution < -0.4 is 0 Å². The summed E-state index contributed by atoms with van der Waals surface area (Å²) in [5.74, 6) is 0.247.